The average molecular weight is 263 g/mol. The lowest BCUT2D eigenvalue weighted by atomic mass is 10.4. The van der Waals surface area contributed by atoms with Gasteiger partial charge in [-0.2, -0.15) is 0 Å². The molecule has 0 aliphatic heterocycles. The second-order valence-corrected chi connectivity index (χ2v) is 5.03. The average Bonchev–Trinajstić information content (AvgIpc) is 3.14. The molecule has 2 rings (SSSR count). The third kappa shape index (κ3) is 5.13. The maximum atomic E-state index is 11.5. The van der Waals surface area contributed by atoms with Crippen molar-refractivity contribution in [1.82, 2.24) is 15.2 Å². The van der Waals surface area contributed by atoms with Crippen molar-refractivity contribution < 1.29 is 4.79 Å². The van der Waals surface area contributed by atoms with E-state index in [0.29, 0.717) is 11.9 Å². The Balaban J connectivity index is 1.75. The van der Waals surface area contributed by atoms with E-state index in [1.165, 1.54) is 0 Å². The molecule has 0 radical (unpaired) electrons. The van der Waals surface area contributed by atoms with Crippen LogP contribution in [0.15, 0.2) is 18.3 Å². The summed E-state index contributed by atoms with van der Waals surface area (Å²) in [6.45, 7) is 1.83. The summed E-state index contributed by atoms with van der Waals surface area (Å²) in [7, 11) is 4.07. The molecule has 0 bridgehead atoms. The van der Waals surface area contributed by atoms with E-state index in [9.17, 15) is 4.79 Å². The zero-order valence-corrected chi connectivity index (χ0v) is 11.4. The molecule has 1 heterocycles. The quantitative estimate of drug-likeness (QED) is 0.724. The molecule has 0 aromatic carbocycles. The van der Waals surface area contributed by atoms with Crippen LogP contribution in [0.4, 0.5) is 16.3 Å². The minimum absolute atomic E-state index is 0.177. The van der Waals surface area contributed by atoms with Crippen LogP contribution >= 0.6 is 0 Å². The third-order valence-corrected chi connectivity index (χ3v) is 2.81. The van der Waals surface area contributed by atoms with Crippen LogP contribution in [0, 0.1) is 0 Å². The maximum absolute atomic E-state index is 11.5. The number of anilines is 2. The SMILES string of the molecule is CN(C)CCNc1ccc(NC(=O)NC2CC2)nc1. The fraction of sp³-hybridized carbons (Fsp3) is 0.538. The molecule has 3 N–H and O–H groups in total. The van der Waals surface area contributed by atoms with Gasteiger partial charge in [0.25, 0.3) is 0 Å². The number of hydrogen-bond acceptors (Lipinski definition) is 4. The van der Waals surface area contributed by atoms with Crippen molar-refractivity contribution in [2.45, 2.75) is 18.9 Å². The van der Waals surface area contributed by atoms with Gasteiger partial charge in [-0.25, -0.2) is 9.78 Å². The van der Waals surface area contributed by atoms with Gasteiger partial charge in [0, 0.05) is 19.1 Å². The van der Waals surface area contributed by atoms with Crippen LogP contribution < -0.4 is 16.0 Å². The van der Waals surface area contributed by atoms with Crippen molar-refractivity contribution in [1.29, 1.82) is 0 Å². The van der Waals surface area contributed by atoms with Gasteiger partial charge in [0.2, 0.25) is 0 Å². The number of aromatic nitrogens is 1. The summed E-state index contributed by atoms with van der Waals surface area (Å²) in [5.74, 6) is 0.566. The van der Waals surface area contributed by atoms with Gasteiger partial charge < -0.3 is 15.5 Å². The molecule has 1 aliphatic carbocycles. The van der Waals surface area contributed by atoms with Crippen LogP contribution in [-0.4, -0.2) is 49.1 Å². The number of rotatable bonds is 6. The van der Waals surface area contributed by atoms with Gasteiger partial charge in [-0.05, 0) is 39.1 Å². The topological polar surface area (TPSA) is 69.3 Å². The summed E-state index contributed by atoms with van der Waals surface area (Å²) in [5.41, 5.74) is 0.954. The van der Waals surface area contributed by atoms with Gasteiger partial charge in [0.15, 0.2) is 0 Å². The lowest BCUT2D eigenvalue weighted by molar-refractivity contribution is 0.251. The van der Waals surface area contributed by atoms with Crippen molar-refractivity contribution in [2.24, 2.45) is 0 Å². The molecule has 0 atom stereocenters. The van der Waals surface area contributed by atoms with Crippen LogP contribution in [-0.2, 0) is 0 Å². The van der Waals surface area contributed by atoms with Crippen LogP contribution in [0.1, 0.15) is 12.8 Å². The Morgan fingerprint density at radius 1 is 1.42 bits per heavy atom. The van der Waals surface area contributed by atoms with Gasteiger partial charge >= 0.3 is 6.03 Å². The zero-order valence-electron chi connectivity index (χ0n) is 11.4. The van der Waals surface area contributed by atoms with Crippen molar-refractivity contribution >= 4 is 17.5 Å². The minimum Gasteiger partial charge on any atom is -0.383 e. The second-order valence-electron chi connectivity index (χ2n) is 5.03. The van der Waals surface area contributed by atoms with Crippen LogP contribution in [0.3, 0.4) is 0 Å². The normalized spacial score (nSPS) is 14.3. The van der Waals surface area contributed by atoms with E-state index in [1.54, 1.807) is 12.3 Å². The number of hydrogen-bond donors (Lipinski definition) is 3. The molecule has 6 nitrogen and oxygen atoms in total. The molecular formula is C13H21N5O. The van der Waals surface area contributed by atoms with Crippen molar-refractivity contribution in [2.75, 3.05) is 37.8 Å². The number of pyridine rings is 1. The Morgan fingerprint density at radius 3 is 2.79 bits per heavy atom. The Labute approximate surface area is 113 Å². The predicted molar refractivity (Wildman–Crippen MR) is 76.5 cm³/mol. The Morgan fingerprint density at radius 2 is 2.21 bits per heavy atom. The number of carbonyl (C=O) groups is 1. The van der Waals surface area contributed by atoms with E-state index in [1.807, 2.05) is 20.2 Å². The zero-order chi connectivity index (χ0) is 13.7. The first-order valence-electron chi connectivity index (χ1n) is 6.55. The highest BCUT2D eigenvalue weighted by molar-refractivity contribution is 5.88. The molecule has 19 heavy (non-hydrogen) atoms. The van der Waals surface area contributed by atoms with Crippen molar-refractivity contribution in [3.63, 3.8) is 0 Å². The van der Waals surface area contributed by atoms with Gasteiger partial charge in [-0.1, -0.05) is 0 Å². The van der Waals surface area contributed by atoms with E-state index < -0.39 is 0 Å². The predicted octanol–water partition coefficient (Wildman–Crippen LogP) is 1.34. The van der Waals surface area contributed by atoms with E-state index in [0.717, 1.165) is 31.6 Å². The van der Waals surface area contributed by atoms with E-state index in [2.05, 4.69) is 25.8 Å². The fourth-order valence-electron chi connectivity index (χ4n) is 1.56. The molecule has 104 valence electrons. The van der Waals surface area contributed by atoms with Crippen molar-refractivity contribution in [3.8, 4) is 0 Å². The van der Waals surface area contributed by atoms with Crippen LogP contribution in [0.25, 0.3) is 0 Å². The number of amides is 2. The highest BCUT2D eigenvalue weighted by atomic mass is 16.2. The first-order chi connectivity index (χ1) is 9.13. The number of urea groups is 1. The van der Waals surface area contributed by atoms with Gasteiger partial charge in [-0.3, -0.25) is 5.32 Å². The summed E-state index contributed by atoms with van der Waals surface area (Å²) < 4.78 is 0. The number of nitrogens with zero attached hydrogens (tertiary/aromatic N) is 2. The van der Waals surface area contributed by atoms with E-state index in [4.69, 9.17) is 0 Å². The molecular weight excluding hydrogens is 242 g/mol. The van der Waals surface area contributed by atoms with E-state index >= 15 is 0 Å². The minimum atomic E-state index is -0.177. The molecule has 0 saturated heterocycles. The summed E-state index contributed by atoms with van der Waals surface area (Å²) in [6.07, 6.45) is 3.88. The molecule has 2 amide bonds. The summed E-state index contributed by atoms with van der Waals surface area (Å²) >= 11 is 0. The molecule has 0 spiro atoms. The number of nitrogens with one attached hydrogen (secondary N) is 3. The van der Waals surface area contributed by atoms with Gasteiger partial charge in [-0.15, -0.1) is 0 Å². The molecule has 1 fully saturated rings. The Bertz CT molecular complexity index is 414. The second kappa shape index (κ2) is 6.38. The standard InChI is InChI=1S/C13H21N5O/c1-18(2)8-7-14-11-5-6-12(15-9-11)17-13(19)16-10-3-4-10/h5-6,9-10,14H,3-4,7-8H2,1-2H3,(H2,15,16,17,19). The first kappa shape index (κ1) is 13.6. The molecule has 1 aromatic heterocycles. The molecule has 0 unspecified atom stereocenters. The summed E-state index contributed by atoms with van der Waals surface area (Å²) in [4.78, 5) is 17.8. The number of likely N-dealkylation sites (N-methyl/N-ethyl adjacent to an activating group) is 1. The summed E-state index contributed by atoms with van der Waals surface area (Å²) in [5, 5.41) is 8.84. The molecule has 1 saturated carbocycles. The maximum Gasteiger partial charge on any atom is 0.320 e. The fourth-order valence-corrected chi connectivity index (χ4v) is 1.56. The number of carbonyl (C=O) groups excluding carboxylic acids is 1. The van der Waals surface area contributed by atoms with Crippen LogP contribution in [0.2, 0.25) is 0 Å². The van der Waals surface area contributed by atoms with Gasteiger partial charge in [0.1, 0.15) is 5.82 Å². The molecule has 1 aromatic rings. The highest BCUT2D eigenvalue weighted by Gasteiger charge is 2.23. The third-order valence-electron chi connectivity index (χ3n) is 2.81. The highest BCUT2D eigenvalue weighted by Crippen LogP contribution is 2.18. The van der Waals surface area contributed by atoms with Crippen LogP contribution in [0.5, 0.6) is 0 Å². The molecule has 1 aliphatic rings. The summed E-state index contributed by atoms with van der Waals surface area (Å²) in [6, 6.07) is 3.88. The largest absolute Gasteiger partial charge is 0.383 e. The first-order valence-corrected chi connectivity index (χ1v) is 6.55. The molecule has 6 heteroatoms. The monoisotopic (exact) mass is 263 g/mol. The van der Waals surface area contributed by atoms with Crippen molar-refractivity contribution in [3.05, 3.63) is 18.3 Å². The van der Waals surface area contributed by atoms with E-state index in [-0.39, 0.29) is 6.03 Å². The smallest absolute Gasteiger partial charge is 0.320 e. The lowest BCUT2D eigenvalue weighted by Crippen LogP contribution is -2.30. The lowest BCUT2D eigenvalue weighted by Gasteiger charge is -2.11. The Hall–Kier alpha value is -1.82. The Kier molecular flexibility index (Phi) is 4.57. The van der Waals surface area contributed by atoms with Gasteiger partial charge in [0.05, 0.1) is 11.9 Å².